The average Bonchev–Trinajstić information content (AvgIpc) is 3.36. The van der Waals surface area contributed by atoms with Crippen molar-refractivity contribution in [1.29, 1.82) is 0 Å². The van der Waals surface area contributed by atoms with Gasteiger partial charge in [-0.2, -0.15) is 0 Å². The molecule has 3 atom stereocenters. The normalized spacial score (nSPS) is 17.5. The maximum Gasteiger partial charge on any atom is 0.335 e. The predicted molar refractivity (Wildman–Crippen MR) is 177 cm³/mol. The topological polar surface area (TPSA) is 124 Å². The number of aliphatic hydroxyl groups is 1. The zero-order valence-corrected chi connectivity index (χ0v) is 26.8. The molecule has 0 fully saturated rings. The summed E-state index contributed by atoms with van der Waals surface area (Å²) >= 11 is 0. The first kappa shape index (κ1) is 32.7. The minimum Gasteiger partial charge on any atom is -0.488 e. The lowest BCUT2D eigenvalue weighted by atomic mass is 10.0. The number of aryl methyl sites for hydroxylation is 1. The summed E-state index contributed by atoms with van der Waals surface area (Å²) in [5, 5.41) is 23.2. The number of aromatic nitrogens is 1. The maximum absolute atomic E-state index is 13.6. The fourth-order valence-electron chi connectivity index (χ4n) is 6.11. The molecule has 5 rings (SSSR count). The molecule has 10 nitrogen and oxygen atoms in total. The number of para-hydroxylation sites is 1. The number of amides is 2. The highest BCUT2D eigenvalue weighted by atomic mass is 16.5. The van der Waals surface area contributed by atoms with Gasteiger partial charge in [0.2, 0.25) is 11.8 Å². The molecular formula is C36H42N4O6. The van der Waals surface area contributed by atoms with Gasteiger partial charge in [0, 0.05) is 61.0 Å². The van der Waals surface area contributed by atoms with Gasteiger partial charge in [-0.1, -0.05) is 37.3 Å². The first-order valence-corrected chi connectivity index (χ1v) is 15.6. The highest BCUT2D eigenvalue weighted by molar-refractivity contribution is 5.96. The molecular weight excluding hydrogens is 584 g/mol. The predicted octanol–water partition coefficient (Wildman–Crippen LogP) is 4.34. The number of carboxylic acid groups (broad SMARTS) is 1. The van der Waals surface area contributed by atoms with Gasteiger partial charge in [-0.25, -0.2) is 4.79 Å². The number of rotatable bonds is 10. The lowest BCUT2D eigenvalue weighted by Gasteiger charge is -2.34. The number of ether oxygens (including phenoxy) is 1. The fourth-order valence-corrected chi connectivity index (χ4v) is 6.11. The van der Waals surface area contributed by atoms with Crippen LogP contribution in [-0.2, 0) is 36.0 Å². The third kappa shape index (κ3) is 7.58. The number of anilines is 1. The summed E-state index contributed by atoms with van der Waals surface area (Å²) in [6.45, 7) is 5.24. The number of likely N-dealkylation sites (N-methyl/N-ethyl adjacent to an activating group) is 1. The van der Waals surface area contributed by atoms with Crippen LogP contribution in [0.15, 0.2) is 72.9 Å². The molecule has 0 spiro atoms. The summed E-state index contributed by atoms with van der Waals surface area (Å²) in [5.41, 5.74) is 4.44. The Balaban J connectivity index is 1.36. The standard InChI is InChI=1S/C36H42N4O6/c1-23-18-40(24(2)22-41)35(43)17-27-15-29(37-34(42)16-28-20-39(4)31-8-6-5-7-30(28)31)13-14-32(27)46-33(23)21-38(3)19-25-9-11-26(12-10-25)36(44)45/h5-15,20,23-24,33,41H,16-19,21-22H2,1-4H3,(H,37,42)(H,44,45)/t23-,24-,33+/m0/s1. The Morgan fingerprint density at radius 3 is 2.57 bits per heavy atom. The molecule has 1 aliphatic heterocycles. The Morgan fingerprint density at radius 2 is 1.85 bits per heavy atom. The van der Waals surface area contributed by atoms with E-state index in [0.29, 0.717) is 36.6 Å². The monoisotopic (exact) mass is 626 g/mol. The van der Waals surface area contributed by atoms with Crippen molar-refractivity contribution in [2.24, 2.45) is 13.0 Å². The lowest BCUT2D eigenvalue weighted by molar-refractivity contribution is -0.134. The molecule has 1 aliphatic rings. The second-order valence-corrected chi connectivity index (χ2v) is 12.4. The van der Waals surface area contributed by atoms with Crippen molar-refractivity contribution in [3.63, 3.8) is 0 Å². The van der Waals surface area contributed by atoms with E-state index in [1.807, 2.05) is 81.2 Å². The molecule has 242 valence electrons. The molecule has 3 N–H and O–H groups in total. The Labute approximate surface area is 269 Å². The quantitative estimate of drug-likeness (QED) is 0.239. The van der Waals surface area contributed by atoms with Crippen LogP contribution >= 0.6 is 0 Å². The minimum atomic E-state index is -0.963. The van der Waals surface area contributed by atoms with Crippen molar-refractivity contribution >= 4 is 34.4 Å². The third-order valence-electron chi connectivity index (χ3n) is 8.68. The Morgan fingerprint density at radius 1 is 1.11 bits per heavy atom. The van der Waals surface area contributed by atoms with Gasteiger partial charge in [0.15, 0.2) is 0 Å². The molecule has 0 aliphatic carbocycles. The van der Waals surface area contributed by atoms with Gasteiger partial charge >= 0.3 is 5.97 Å². The highest BCUT2D eigenvalue weighted by Crippen LogP contribution is 2.30. The zero-order chi connectivity index (χ0) is 33.0. The smallest absolute Gasteiger partial charge is 0.335 e. The molecule has 0 radical (unpaired) electrons. The number of benzene rings is 3. The molecule has 10 heteroatoms. The van der Waals surface area contributed by atoms with Crippen LogP contribution in [0.5, 0.6) is 5.75 Å². The first-order chi connectivity index (χ1) is 22.0. The van der Waals surface area contributed by atoms with Gasteiger partial charge in [0.1, 0.15) is 11.9 Å². The third-order valence-corrected chi connectivity index (χ3v) is 8.68. The molecule has 0 saturated heterocycles. The summed E-state index contributed by atoms with van der Waals surface area (Å²) in [6, 6.07) is 19.8. The number of nitrogens with zero attached hydrogens (tertiary/aromatic N) is 3. The molecule has 4 aromatic rings. The number of carbonyl (C=O) groups excluding carboxylic acids is 2. The van der Waals surface area contributed by atoms with E-state index in [1.54, 1.807) is 29.2 Å². The average molecular weight is 627 g/mol. The van der Waals surface area contributed by atoms with E-state index < -0.39 is 5.97 Å². The van der Waals surface area contributed by atoms with E-state index in [0.717, 1.165) is 22.0 Å². The minimum absolute atomic E-state index is 0.0674. The van der Waals surface area contributed by atoms with Crippen LogP contribution in [0.1, 0.15) is 40.9 Å². The summed E-state index contributed by atoms with van der Waals surface area (Å²) in [4.78, 5) is 41.8. The SMILES string of the molecule is C[C@H]1CN([C@@H](C)CO)C(=O)Cc2cc(NC(=O)Cc3cn(C)c4ccccc34)ccc2O[C@@H]1CN(C)Cc1ccc(C(=O)O)cc1. The fraction of sp³-hybridized carbons (Fsp3) is 0.361. The van der Waals surface area contributed by atoms with Gasteiger partial charge < -0.3 is 29.7 Å². The Kier molecular flexibility index (Phi) is 10.1. The van der Waals surface area contributed by atoms with E-state index in [2.05, 4.69) is 10.2 Å². The number of aliphatic hydroxyl groups excluding tert-OH is 1. The number of aromatic carboxylic acids is 1. The number of fused-ring (bicyclic) bond motifs is 2. The van der Waals surface area contributed by atoms with Crippen LogP contribution in [0.4, 0.5) is 5.69 Å². The second-order valence-electron chi connectivity index (χ2n) is 12.4. The van der Waals surface area contributed by atoms with Crippen molar-refractivity contribution in [3.8, 4) is 5.75 Å². The summed E-state index contributed by atoms with van der Waals surface area (Å²) in [6.07, 6.45) is 1.95. The number of carbonyl (C=O) groups is 3. The van der Waals surface area contributed by atoms with Crippen LogP contribution in [-0.4, -0.2) is 81.3 Å². The van der Waals surface area contributed by atoms with Crippen molar-refractivity contribution in [2.75, 3.05) is 32.1 Å². The van der Waals surface area contributed by atoms with Crippen LogP contribution < -0.4 is 10.1 Å². The molecule has 0 bridgehead atoms. The van der Waals surface area contributed by atoms with Gasteiger partial charge in [-0.15, -0.1) is 0 Å². The Bertz CT molecular complexity index is 1720. The molecule has 0 saturated carbocycles. The second kappa shape index (κ2) is 14.2. The summed E-state index contributed by atoms with van der Waals surface area (Å²) in [7, 11) is 3.94. The van der Waals surface area contributed by atoms with E-state index in [4.69, 9.17) is 4.74 Å². The van der Waals surface area contributed by atoms with E-state index >= 15 is 0 Å². The molecule has 1 aromatic heterocycles. The number of hydrogen-bond donors (Lipinski definition) is 3. The van der Waals surface area contributed by atoms with Crippen molar-refractivity contribution in [1.82, 2.24) is 14.4 Å². The zero-order valence-electron chi connectivity index (χ0n) is 26.8. The maximum atomic E-state index is 13.6. The number of nitrogens with one attached hydrogen (secondary N) is 1. The van der Waals surface area contributed by atoms with Crippen molar-refractivity contribution < 1.29 is 29.3 Å². The van der Waals surface area contributed by atoms with E-state index in [1.165, 1.54) is 0 Å². The van der Waals surface area contributed by atoms with Crippen molar-refractivity contribution in [2.45, 2.75) is 45.4 Å². The van der Waals surface area contributed by atoms with Gasteiger partial charge in [0.25, 0.3) is 0 Å². The Hall–Kier alpha value is -4.67. The van der Waals surface area contributed by atoms with Crippen LogP contribution in [0.25, 0.3) is 10.9 Å². The van der Waals surface area contributed by atoms with E-state index in [-0.39, 0.29) is 54.9 Å². The highest BCUT2D eigenvalue weighted by Gasteiger charge is 2.31. The summed E-state index contributed by atoms with van der Waals surface area (Å²) in [5.74, 6) is -0.734. The lowest BCUT2D eigenvalue weighted by Crippen LogP contribution is -2.47. The van der Waals surface area contributed by atoms with Crippen LogP contribution in [0.2, 0.25) is 0 Å². The van der Waals surface area contributed by atoms with Crippen LogP contribution in [0.3, 0.4) is 0 Å². The van der Waals surface area contributed by atoms with Gasteiger partial charge in [-0.05, 0) is 61.5 Å². The molecule has 2 heterocycles. The van der Waals surface area contributed by atoms with Gasteiger partial charge in [-0.3, -0.25) is 14.5 Å². The van der Waals surface area contributed by atoms with Crippen LogP contribution in [0, 0.1) is 5.92 Å². The largest absolute Gasteiger partial charge is 0.488 e. The number of hydrogen-bond acceptors (Lipinski definition) is 6. The van der Waals surface area contributed by atoms with Crippen molar-refractivity contribution in [3.05, 3.63) is 95.2 Å². The molecule has 3 aromatic carbocycles. The molecule has 0 unspecified atom stereocenters. The molecule has 46 heavy (non-hydrogen) atoms. The number of carboxylic acids is 1. The summed E-state index contributed by atoms with van der Waals surface area (Å²) < 4.78 is 8.64. The van der Waals surface area contributed by atoms with Gasteiger partial charge in [0.05, 0.1) is 31.1 Å². The van der Waals surface area contributed by atoms with E-state index in [9.17, 15) is 24.6 Å². The first-order valence-electron chi connectivity index (χ1n) is 15.6. The molecule has 2 amide bonds.